The molecule has 0 aliphatic heterocycles. The van der Waals surface area contributed by atoms with E-state index in [2.05, 4.69) is 12.6 Å². The van der Waals surface area contributed by atoms with Crippen LogP contribution in [0.3, 0.4) is 0 Å². The van der Waals surface area contributed by atoms with Gasteiger partial charge < -0.3 is 5.11 Å². The first kappa shape index (κ1) is 9.53. The number of hydrogen-bond donors (Lipinski definition) is 2. The van der Waals surface area contributed by atoms with E-state index in [0.29, 0.717) is 5.75 Å². The van der Waals surface area contributed by atoms with Crippen LogP contribution < -0.4 is 0 Å². The van der Waals surface area contributed by atoms with Gasteiger partial charge in [0.1, 0.15) is 0 Å². The molecular weight excluding hydrogens is 279 g/mol. The fourth-order valence-corrected chi connectivity index (χ4v) is 0. The fourth-order valence-electron chi connectivity index (χ4n) is 0. The van der Waals surface area contributed by atoms with Gasteiger partial charge in [0.25, 0.3) is 0 Å². The van der Waals surface area contributed by atoms with E-state index in [0.717, 1.165) is 0 Å². The molecule has 3 heteroatoms. The Morgan fingerprint density at radius 1 is 1.60 bits per heavy atom. The Kier molecular flexibility index (Phi) is 17.1. The van der Waals surface area contributed by atoms with E-state index in [1.807, 2.05) is 0 Å². The van der Waals surface area contributed by atoms with Crippen molar-refractivity contribution in [2.45, 2.75) is 0 Å². The van der Waals surface area contributed by atoms with Gasteiger partial charge >= 0.3 is 27.3 Å². The summed E-state index contributed by atoms with van der Waals surface area (Å²) in [5, 5.41) is 7.80. The molecule has 0 saturated carbocycles. The van der Waals surface area contributed by atoms with E-state index in [9.17, 15) is 0 Å². The Morgan fingerprint density at radius 2 is 1.80 bits per heavy atom. The topological polar surface area (TPSA) is 20.2 Å². The predicted octanol–water partition coefficient (Wildman–Crippen LogP) is -1.01. The van der Waals surface area contributed by atoms with Gasteiger partial charge in [-0.2, -0.15) is 12.6 Å². The molecule has 0 aromatic rings. The third kappa shape index (κ3) is 11.0. The first-order valence-corrected chi connectivity index (χ1v) is 1.76. The van der Waals surface area contributed by atoms with Gasteiger partial charge in [-0.3, -0.25) is 0 Å². The average molecular weight is 287 g/mol. The molecule has 0 aromatic carbocycles. The van der Waals surface area contributed by atoms with Crippen LogP contribution in [0.5, 0.6) is 0 Å². The molecule has 2 radical (unpaired) electrons. The third-order valence-electron chi connectivity index (χ3n) is 0.1000. The first-order chi connectivity index (χ1) is 1.91. The van der Waals surface area contributed by atoms with Gasteiger partial charge in [0.2, 0.25) is 0 Å². The van der Waals surface area contributed by atoms with Crippen LogP contribution in [-0.4, -0.2) is 44.8 Å². The zero-order chi connectivity index (χ0) is 3.41. The van der Waals surface area contributed by atoms with Gasteiger partial charge in [0, 0.05) is 5.75 Å². The van der Waals surface area contributed by atoms with Gasteiger partial charge in [-0.25, -0.2) is 0 Å². The molecule has 0 rings (SSSR count). The SMILES string of the molecule is OCCS.[PbH2]. The molecule has 0 fully saturated rings. The summed E-state index contributed by atoms with van der Waals surface area (Å²) in [6.45, 7) is 0.184. The Labute approximate surface area is 57.3 Å². The fraction of sp³-hybridized carbons (Fsp3) is 1.00. The van der Waals surface area contributed by atoms with E-state index in [1.54, 1.807) is 0 Å². The van der Waals surface area contributed by atoms with E-state index in [4.69, 9.17) is 5.11 Å². The van der Waals surface area contributed by atoms with Crippen LogP contribution >= 0.6 is 12.6 Å². The van der Waals surface area contributed by atoms with Crippen LogP contribution in [0.15, 0.2) is 0 Å². The summed E-state index contributed by atoms with van der Waals surface area (Å²) in [5.41, 5.74) is 0. The number of hydrogen-bond acceptors (Lipinski definition) is 2. The Hall–Kier alpha value is 1.23. The number of aliphatic hydroxyl groups is 1. The van der Waals surface area contributed by atoms with Crippen LogP contribution in [0.1, 0.15) is 0 Å². The third-order valence-corrected chi connectivity index (χ3v) is 0.300. The van der Waals surface area contributed by atoms with Crippen LogP contribution in [0.25, 0.3) is 0 Å². The number of rotatable bonds is 1. The molecule has 0 unspecified atom stereocenters. The number of thiol groups is 1. The van der Waals surface area contributed by atoms with Crippen LogP contribution in [0, 0.1) is 0 Å². The van der Waals surface area contributed by atoms with Crippen molar-refractivity contribution in [1.82, 2.24) is 0 Å². The number of aliphatic hydroxyl groups excluding tert-OH is 1. The molecule has 0 heterocycles. The molecule has 0 aromatic heterocycles. The van der Waals surface area contributed by atoms with Gasteiger partial charge in [-0.05, 0) is 0 Å². The second-order valence-electron chi connectivity index (χ2n) is 0.447. The van der Waals surface area contributed by atoms with E-state index < -0.39 is 0 Å². The summed E-state index contributed by atoms with van der Waals surface area (Å²) < 4.78 is 0. The van der Waals surface area contributed by atoms with Crippen molar-refractivity contribution < 1.29 is 5.11 Å². The second kappa shape index (κ2) is 8.97. The molecule has 1 N–H and O–H groups in total. The molecule has 0 aliphatic carbocycles. The van der Waals surface area contributed by atoms with Gasteiger partial charge in [-0.15, -0.1) is 0 Å². The van der Waals surface area contributed by atoms with Crippen molar-refractivity contribution in [3.8, 4) is 0 Å². The predicted molar refractivity (Wildman–Crippen MR) is 29.5 cm³/mol. The van der Waals surface area contributed by atoms with Crippen LogP contribution in [0.4, 0.5) is 0 Å². The second-order valence-corrected chi connectivity index (χ2v) is 0.894. The maximum absolute atomic E-state index is 7.80. The van der Waals surface area contributed by atoms with Gasteiger partial charge in [0.05, 0.1) is 6.61 Å². The summed E-state index contributed by atoms with van der Waals surface area (Å²) >= 11 is 3.67. The van der Waals surface area contributed by atoms with E-state index in [1.165, 1.54) is 0 Å². The maximum atomic E-state index is 7.80. The molecule has 0 spiro atoms. The summed E-state index contributed by atoms with van der Waals surface area (Å²) in [5.74, 6) is 0.569. The van der Waals surface area contributed by atoms with Crippen LogP contribution in [0.2, 0.25) is 0 Å². The van der Waals surface area contributed by atoms with Crippen molar-refractivity contribution in [1.29, 1.82) is 0 Å². The van der Waals surface area contributed by atoms with E-state index in [-0.39, 0.29) is 33.9 Å². The zero-order valence-corrected chi connectivity index (χ0v) is 9.41. The molecular formula is C2H8OPbS. The first-order valence-electron chi connectivity index (χ1n) is 1.13. The standard InChI is InChI=1S/C2H6OS.Pb.2H/c3-1-2-4;;;/h3-4H,1-2H2;;;. The van der Waals surface area contributed by atoms with Gasteiger partial charge in [0.15, 0.2) is 0 Å². The monoisotopic (exact) mass is 288 g/mol. The molecule has 0 aliphatic rings. The molecule has 0 bridgehead atoms. The normalized spacial score (nSPS) is 6.00. The molecule has 0 atom stereocenters. The van der Waals surface area contributed by atoms with Crippen LogP contribution in [-0.2, 0) is 0 Å². The summed E-state index contributed by atoms with van der Waals surface area (Å²) in [6.07, 6.45) is 0. The van der Waals surface area contributed by atoms with Crippen molar-refractivity contribution in [2.24, 2.45) is 0 Å². The van der Waals surface area contributed by atoms with Crippen molar-refractivity contribution in [2.75, 3.05) is 12.4 Å². The summed E-state index contributed by atoms with van der Waals surface area (Å²) in [4.78, 5) is 0. The summed E-state index contributed by atoms with van der Waals surface area (Å²) in [6, 6.07) is 0. The van der Waals surface area contributed by atoms with Crippen molar-refractivity contribution in [3.05, 3.63) is 0 Å². The Bertz CT molecular complexity index is 11.6. The molecule has 0 amide bonds. The Balaban J connectivity index is 0. The molecule has 0 saturated heterocycles. The van der Waals surface area contributed by atoms with Crippen molar-refractivity contribution in [3.63, 3.8) is 0 Å². The molecule has 1 nitrogen and oxygen atoms in total. The van der Waals surface area contributed by atoms with E-state index >= 15 is 0 Å². The minimum atomic E-state index is 0. The van der Waals surface area contributed by atoms with Crippen molar-refractivity contribution >= 4 is 39.9 Å². The Morgan fingerprint density at radius 3 is 1.80 bits per heavy atom. The molecule has 5 heavy (non-hydrogen) atoms. The molecule has 32 valence electrons. The average Bonchev–Trinajstić information content (AvgIpc) is 1.37. The minimum absolute atomic E-state index is 0. The van der Waals surface area contributed by atoms with Gasteiger partial charge in [-0.1, -0.05) is 0 Å². The quantitative estimate of drug-likeness (QED) is 0.468. The summed E-state index contributed by atoms with van der Waals surface area (Å²) in [7, 11) is 0. The zero-order valence-electron chi connectivity index (χ0n) is 3.02.